The zero-order valence-electron chi connectivity index (χ0n) is 12.8. The van der Waals surface area contributed by atoms with Crippen LogP contribution >= 0.6 is 23.2 Å². The summed E-state index contributed by atoms with van der Waals surface area (Å²) in [6.45, 7) is 0.701. The largest absolute Gasteiger partial charge is 0.465 e. The standard InChI is InChI=1S/C16H24Cl2O4/c17-9-3-5-11-21-15(19)13-7-1-2-8-14(13)16(20)22-12-6-4-10-18/h1-2,13-14H,3-12H2/t13-,14-/m0/s1. The van der Waals surface area contributed by atoms with E-state index < -0.39 is 11.8 Å². The summed E-state index contributed by atoms with van der Waals surface area (Å²) in [5.41, 5.74) is 0. The van der Waals surface area contributed by atoms with Crippen LogP contribution in [0.5, 0.6) is 0 Å². The molecule has 0 aromatic heterocycles. The summed E-state index contributed by atoms with van der Waals surface area (Å²) in [6.07, 6.45) is 7.99. The fourth-order valence-electron chi connectivity index (χ4n) is 2.29. The Hall–Kier alpha value is -0.740. The maximum atomic E-state index is 12.1. The van der Waals surface area contributed by atoms with E-state index in [9.17, 15) is 9.59 Å². The van der Waals surface area contributed by atoms with Crippen molar-refractivity contribution in [2.45, 2.75) is 38.5 Å². The van der Waals surface area contributed by atoms with Gasteiger partial charge >= 0.3 is 11.9 Å². The smallest absolute Gasteiger partial charge is 0.310 e. The van der Waals surface area contributed by atoms with Crippen LogP contribution in [0.2, 0.25) is 0 Å². The summed E-state index contributed by atoms with van der Waals surface area (Å²) in [4.78, 5) is 24.3. The van der Waals surface area contributed by atoms with Crippen molar-refractivity contribution in [1.82, 2.24) is 0 Å². The van der Waals surface area contributed by atoms with Crippen molar-refractivity contribution in [1.29, 1.82) is 0 Å². The van der Waals surface area contributed by atoms with Crippen LogP contribution < -0.4 is 0 Å². The molecule has 0 aliphatic heterocycles. The molecule has 0 saturated heterocycles. The average Bonchev–Trinajstić information content (AvgIpc) is 2.55. The number of rotatable bonds is 10. The number of allylic oxidation sites excluding steroid dienone is 2. The summed E-state index contributed by atoms with van der Waals surface area (Å²) < 4.78 is 10.5. The molecular formula is C16H24Cl2O4. The number of carbonyl (C=O) groups excluding carboxylic acids is 2. The topological polar surface area (TPSA) is 52.6 Å². The highest BCUT2D eigenvalue weighted by molar-refractivity contribution is 6.18. The van der Waals surface area contributed by atoms with Crippen LogP contribution in [0.4, 0.5) is 0 Å². The van der Waals surface area contributed by atoms with Gasteiger partial charge in [-0.1, -0.05) is 12.2 Å². The van der Waals surface area contributed by atoms with Gasteiger partial charge < -0.3 is 9.47 Å². The number of halogens is 2. The van der Waals surface area contributed by atoms with E-state index in [4.69, 9.17) is 32.7 Å². The Morgan fingerprint density at radius 2 is 1.23 bits per heavy atom. The van der Waals surface area contributed by atoms with Crippen LogP contribution in [0.1, 0.15) is 38.5 Å². The third kappa shape index (κ3) is 7.01. The number of esters is 2. The Kier molecular flexibility index (Phi) is 10.3. The molecule has 0 N–H and O–H groups in total. The molecule has 1 aliphatic rings. The maximum absolute atomic E-state index is 12.1. The molecule has 126 valence electrons. The molecule has 0 bridgehead atoms. The van der Waals surface area contributed by atoms with Gasteiger partial charge in [-0.05, 0) is 38.5 Å². The lowest BCUT2D eigenvalue weighted by molar-refractivity contribution is -0.161. The molecule has 0 saturated carbocycles. The molecule has 0 aromatic rings. The van der Waals surface area contributed by atoms with E-state index >= 15 is 0 Å². The molecule has 0 aromatic carbocycles. The number of carbonyl (C=O) groups is 2. The summed E-state index contributed by atoms with van der Waals surface area (Å²) in [7, 11) is 0. The highest BCUT2D eigenvalue weighted by Crippen LogP contribution is 2.28. The van der Waals surface area contributed by atoms with Gasteiger partial charge in [-0.15, -0.1) is 23.2 Å². The summed E-state index contributed by atoms with van der Waals surface area (Å²) >= 11 is 11.2. The summed E-state index contributed by atoms with van der Waals surface area (Å²) in [5.74, 6) is -0.409. The van der Waals surface area contributed by atoms with Crippen molar-refractivity contribution in [2.75, 3.05) is 25.0 Å². The predicted octanol–water partition coefficient (Wildman–Crippen LogP) is 3.69. The lowest BCUT2D eigenvalue weighted by Crippen LogP contribution is -2.34. The number of hydrogen-bond donors (Lipinski definition) is 0. The first-order chi connectivity index (χ1) is 10.7. The van der Waals surface area contributed by atoms with Crippen molar-refractivity contribution in [3.63, 3.8) is 0 Å². The SMILES string of the molecule is O=C(OCCCCCl)[C@H]1CC=CC[C@@H]1C(=O)OCCCCCl. The van der Waals surface area contributed by atoms with Gasteiger partial charge in [0.15, 0.2) is 0 Å². The van der Waals surface area contributed by atoms with Crippen LogP contribution in [0.3, 0.4) is 0 Å². The second kappa shape index (κ2) is 11.8. The van der Waals surface area contributed by atoms with Gasteiger partial charge in [0, 0.05) is 11.8 Å². The van der Waals surface area contributed by atoms with Gasteiger partial charge in [-0.25, -0.2) is 0 Å². The molecule has 0 amide bonds. The van der Waals surface area contributed by atoms with Crippen molar-refractivity contribution < 1.29 is 19.1 Å². The van der Waals surface area contributed by atoms with E-state index in [0.717, 1.165) is 25.7 Å². The third-order valence-corrected chi connectivity index (χ3v) is 4.12. The number of ether oxygens (including phenoxy) is 2. The first kappa shape index (κ1) is 19.3. The summed E-state index contributed by atoms with van der Waals surface area (Å²) in [5, 5.41) is 0. The molecule has 0 radical (unpaired) electrons. The Labute approximate surface area is 142 Å². The maximum Gasteiger partial charge on any atom is 0.310 e. The molecule has 2 atom stereocenters. The number of alkyl halides is 2. The Morgan fingerprint density at radius 1 is 0.818 bits per heavy atom. The van der Waals surface area contributed by atoms with E-state index in [-0.39, 0.29) is 11.9 Å². The number of hydrogen-bond acceptors (Lipinski definition) is 4. The van der Waals surface area contributed by atoms with E-state index in [1.165, 1.54) is 0 Å². The molecular weight excluding hydrogens is 327 g/mol. The van der Waals surface area contributed by atoms with Gasteiger partial charge in [0.05, 0.1) is 25.0 Å². The van der Waals surface area contributed by atoms with Gasteiger partial charge in [-0.3, -0.25) is 9.59 Å². The molecule has 0 fully saturated rings. The second-order valence-electron chi connectivity index (χ2n) is 5.28. The van der Waals surface area contributed by atoms with E-state index in [1.807, 2.05) is 12.2 Å². The van der Waals surface area contributed by atoms with Crippen molar-refractivity contribution in [3.8, 4) is 0 Å². The highest BCUT2D eigenvalue weighted by atomic mass is 35.5. The van der Waals surface area contributed by atoms with E-state index in [2.05, 4.69) is 0 Å². The highest BCUT2D eigenvalue weighted by Gasteiger charge is 2.36. The first-order valence-corrected chi connectivity index (χ1v) is 8.87. The summed E-state index contributed by atoms with van der Waals surface area (Å²) in [6, 6.07) is 0. The van der Waals surface area contributed by atoms with Crippen LogP contribution in [0.15, 0.2) is 12.2 Å². The minimum Gasteiger partial charge on any atom is -0.465 e. The van der Waals surface area contributed by atoms with Crippen LogP contribution in [0, 0.1) is 11.8 Å². The zero-order chi connectivity index (χ0) is 16.2. The molecule has 6 heteroatoms. The lowest BCUT2D eigenvalue weighted by atomic mass is 9.83. The molecule has 0 unspecified atom stereocenters. The lowest BCUT2D eigenvalue weighted by Gasteiger charge is -2.25. The Morgan fingerprint density at radius 3 is 1.59 bits per heavy atom. The predicted molar refractivity (Wildman–Crippen MR) is 87.2 cm³/mol. The monoisotopic (exact) mass is 350 g/mol. The Balaban J connectivity index is 2.43. The molecule has 4 nitrogen and oxygen atoms in total. The van der Waals surface area contributed by atoms with Crippen LogP contribution in [-0.4, -0.2) is 36.9 Å². The van der Waals surface area contributed by atoms with Crippen molar-refractivity contribution >= 4 is 35.1 Å². The van der Waals surface area contributed by atoms with Gasteiger partial charge in [0.25, 0.3) is 0 Å². The molecule has 0 heterocycles. The van der Waals surface area contributed by atoms with E-state index in [0.29, 0.717) is 37.8 Å². The second-order valence-corrected chi connectivity index (χ2v) is 6.04. The Bertz CT molecular complexity index is 337. The van der Waals surface area contributed by atoms with Crippen LogP contribution in [0.25, 0.3) is 0 Å². The normalized spacial score (nSPS) is 20.6. The third-order valence-electron chi connectivity index (χ3n) is 3.58. The van der Waals surface area contributed by atoms with Gasteiger partial charge in [0.1, 0.15) is 0 Å². The molecule has 1 rings (SSSR count). The molecule has 22 heavy (non-hydrogen) atoms. The quantitative estimate of drug-likeness (QED) is 0.261. The van der Waals surface area contributed by atoms with Crippen LogP contribution in [-0.2, 0) is 19.1 Å². The minimum absolute atomic E-state index is 0.318. The number of unbranched alkanes of at least 4 members (excludes halogenated alkanes) is 2. The molecule has 1 aliphatic carbocycles. The van der Waals surface area contributed by atoms with E-state index in [1.54, 1.807) is 0 Å². The fourth-order valence-corrected chi connectivity index (χ4v) is 2.67. The minimum atomic E-state index is -0.443. The zero-order valence-corrected chi connectivity index (χ0v) is 14.3. The molecule has 0 spiro atoms. The first-order valence-electron chi connectivity index (χ1n) is 7.81. The van der Waals surface area contributed by atoms with Gasteiger partial charge in [-0.2, -0.15) is 0 Å². The fraction of sp³-hybridized carbons (Fsp3) is 0.750. The van der Waals surface area contributed by atoms with Crippen molar-refractivity contribution in [2.24, 2.45) is 11.8 Å². The average molecular weight is 351 g/mol. The van der Waals surface area contributed by atoms with Gasteiger partial charge in [0.2, 0.25) is 0 Å². The van der Waals surface area contributed by atoms with Crippen molar-refractivity contribution in [3.05, 3.63) is 12.2 Å².